The number of nitrogens with one attached hydrogen (secondary N) is 3. The smallest absolute Gasteiger partial charge is 0.326 e. The maximum atomic E-state index is 13.0. The van der Waals surface area contributed by atoms with Gasteiger partial charge >= 0.3 is 11.9 Å². The Balaban J connectivity index is 3.13. The minimum absolute atomic E-state index is 0.0355. The van der Waals surface area contributed by atoms with Crippen molar-refractivity contribution in [2.75, 3.05) is 5.75 Å². The lowest BCUT2D eigenvalue weighted by Gasteiger charge is -2.24. The average Bonchev–Trinajstić information content (AvgIpc) is 2.77. The van der Waals surface area contributed by atoms with Crippen LogP contribution in [-0.4, -0.2) is 80.8 Å². The molecule has 14 nitrogen and oxygen atoms in total. The Kier molecular flexibility index (Phi) is 11.5. The second-order valence-electron chi connectivity index (χ2n) is 7.45. The Morgan fingerprint density at radius 2 is 1.34 bits per heavy atom. The number of hydrogen-bond acceptors (Lipinski definition) is 9. The van der Waals surface area contributed by atoms with Gasteiger partial charge in [-0.05, 0) is 17.7 Å². The molecule has 0 saturated heterocycles. The van der Waals surface area contributed by atoms with E-state index in [1.165, 1.54) is 24.3 Å². The molecule has 10 N–H and O–H groups in total. The quantitative estimate of drug-likeness (QED) is 0.115. The van der Waals surface area contributed by atoms with E-state index in [0.29, 0.717) is 5.56 Å². The van der Waals surface area contributed by atoms with Crippen molar-refractivity contribution in [3.8, 4) is 5.75 Å². The highest BCUT2D eigenvalue weighted by Gasteiger charge is 2.32. The van der Waals surface area contributed by atoms with Crippen molar-refractivity contribution in [1.82, 2.24) is 16.0 Å². The summed E-state index contributed by atoms with van der Waals surface area (Å²) in [5, 5.41) is 33.9. The number of thiol groups is 1. The monoisotopic (exact) mass is 513 g/mol. The summed E-state index contributed by atoms with van der Waals surface area (Å²) in [6.45, 7) is 0. The largest absolute Gasteiger partial charge is 0.508 e. The molecule has 0 radical (unpaired) electrons. The fourth-order valence-electron chi connectivity index (χ4n) is 2.77. The maximum Gasteiger partial charge on any atom is 0.326 e. The molecule has 0 saturated carbocycles. The van der Waals surface area contributed by atoms with Gasteiger partial charge in [-0.25, -0.2) is 4.79 Å². The van der Waals surface area contributed by atoms with Gasteiger partial charge in [0.1, 0.15) is 23.9 Å². The molecule has 0 aliphatic heterocycles. The number of rotatable bonds is 14. The number of benzene rings is 1. The Bertz CT molecular complexity index is 957. The summed E-state index contributed by atoms with van der Waals surface area (Å²) in [4.78, 5) is 71.4. The van der Waals surface area contributed by atoms with Crippen molar-refractivity contribution < 1.29 is 44.1 Å². The molecule has 0 aliphatic carbocycles. The summed E-state index contributed by atoms with van der Waals surface area (Å²) in [6, 6.07) is -0.219. The van der Waals surface area contributed by atoms with E-state index in [-0.39, 0.29) is 17.9 Å². The molecule has 4 unspecified atom stereocenters. The second-order valence-corrected chi connectivity index (χ2v) is 7.81. The molecule has 15 heteroatoms. The zero-order valence-electron chi connectivity index (χ0n) is 18.3. The van der Waals surface area contributed by atoms with Gasteiger partial charge in [0.15, 0.2) is 0 Å². The van der Waals surface area contributed by atoms with E-state index in [2.05, 4.69) is 23.3 Å². The number of carboxylic acids is 2. The molecule has 1 aromatic rings. The Morgan fingerprint density at radius 1 is 0.829 bits per heavy atom. The fourth-order valence-corrected chi connectivity index (χ4v) is 2.93. The van der Waals surface area contributed by atoms with E-state index in [1.54, 1.807) is 0 Å². The first-order valence-electron chi connectivity index (χ1n) is 10.1. The summed E-state index contributed by atoms with van der Waals surface area (Å²) < 4.78 is 0. The third-order valence-corrected chi connectivity index (χ3v) is 4.97. The standard InChI is InChI=1S/C20H27N5O9S/c21-11(8-35)17(30)23-12(5-9-1-3-10(26)4-2-9)18(31)24-13(6-15(22)27)19(32)25-14(20(33)34)7-16(28)29/h1-4,11-14,26,35H,5-8,21H2,(H2,22,27)(H,23,30)(H,24,31)(H,25,32)(H,28,29)(H,33,34). The number of aliphatic carboxylic acids is 2. The molecule has 4 atom stereocenters. The number of phenols is 1. The van der Waals surface area contributed by atoms with Gasteiger partial charge in [-0.3, -0.25) is 24.0 Å². The van der Waals surface area contributed by atoms with Gasteiger partial charge in [0, 0.05) is 12.2 Å². The summed E-state index contributed by atoms with van der Waals surface area (Å²) in [7, 11) is 0. The second kappa shape index (κ2) is 13.8. The molecule has 0 bridgehead atoms. The number of nitrogens with two attached hydrogens (primary N) is 2. The van der Waals surface area contributed by atoms with Crippen LogP contribution in [0.5, 0.6) is 5.75 Å². The van der Waals surface area contributed by atoms with E-state index in [4.69, 9.17) is 21.7 Å². The van der Waals surface area contributed by atoms with Crippen molar-refractivity contribution in [2.24, 2.45) is 11.5 Å². The molecule has 0 heterocycles. The van der Waals surface area contributed by atoms with E-state index in [0.717, 1.165) is 0 Å². The molecule has 0 spiro atoms. The van der Waals surface area contributed by atoms with Gasteiger partial charge in [0.2, 0.25) is 23.6 Å². The number of amides is 4. The molecule has 4 amide bonds. The van der Waals surface area contributed by atoms with Crippen molar-refractivity contribution in [2.45, 2.75) is 43.4 Å². The minimum atomic E-state index is -1.84. The summed E-state index contributed by atoms with van der Waals surface area (Å²) in [5.74, 6) is -7.10. The zero-order valence-corrected chi connectivity index (χ0v) is 19.2. The van der Waals surface area contributed by atoms with Crippen LogP contribution in [0, 0.1) is 0 Å². The third kappa shape index (κ3) is 10.3. The number of hydrogen-bond donors (Lipinski definition) is 9. The molecule has 0 aromatic heterocycles. The number of carbonyl (C=O) groups is 6. The lowest BCUT2D eigenvalue weighted by molar-refractivity contribution is -0.147. The van der Waals surface area contributed by atoms with Crippen LogP contribution in [-0.2, 0) is 35.2 Å². The Morgan fingerprint density at radius 3 is 1.83 bits per heavy atom. The predicted octanol–water partition coefficient (Wildman–Crippen LogP) is -2.92. The molecular formula is C20H27N5O9S. The molecule has 35 heavy (non-hydrogen) atoms. The first kappa shape index (κ1) is 29.2. The lowest BCUT2D eigenvalue weighted by Crippen LogP contribution is -2.58. The molecule has 0 aliphatic rings. The van der Waals surface area contributed by atoms with Crippen LogP contribution in [0.15, 0.2) is 24.3 Å². The van der Waals surface area contributed by atoms with E-state index in [1.807, 2.05) is 5.32 Å². The molecule has 1 aromatic carbocycles. The summed E-state index contributed by atoms with van der Waals surface area (Å²) >= 11 is 3.92. The number of carboxylic acid groups (broad SMARTS) is 2. The fraction of sp³-hybridized carbons (Fsp3) is 0.400. The maximum absolute atomic E-state index is 13.0. The number of phenolic OH excluding ortho intramolecular Hbond substituents is 1. The highest BCUT2D eigenvalue weighted by Crippen LogP contribution is 2.12. The zero-order chi connectivity index (χ0) is 26.7. The lowest BCUT2D eigenvalue weighted by atomic mass is 10.0. The summed E-state index contributed by atoms with van der Waals surface area (Å²) in [5.41, 5.74) is 11.3. The van der Waals surface area contributed by atoms with Gasteiger partial charge in [-0.2, -0.15) is 12.6 Å². The SMILES string of the molecule is NC(=O)CC(NC(=O)C(Cc1ccc(O)cc1)NC(=O)C(N)CS)C(=O)NC(CC(=O)O)C(=O)O. The van der Waals surface area contributed by atoms with E-state index >= 15 is 0 Å². The van der Waals surface area contributed by atoms with E-state index in [9.17, 15) is 33.9 Å². The highest BCUT2D eigenvalue weighted by atomic mass is 32.1. The summed E-state index contributed by atoms with van der Waals surface area (Å²) in [6.07, 6.45) is -1.81. The normalized spacial score (nSPS) is 14.0. The highest BCUT2D eigenvalue weighted by molar-refractivity contribution is 7.80. The minimum Gasteiger partial charge on any atom is -0.508 e. The van der Waals surface area contributed by atoms with Crippen molar-refractivity contribution in [3.05, 3.63) is 29.8 Å². The molecule has 0 fully saturated rings. The van der Waals surface area contributed by atoms with E-state index < -0.39 is 72.6 Å². The van der Waals surface area contributed by atoms with Crippen LogP contribution in [0.4, 0.5) is 0 Å². The van der Waals surface area contributed by atoms with Crippen LogP contribution in [0.2, 0.25) is 0 Å². The average molecular weight is 514 g/mol. The van der Waals surface area contributed by atoms with Crippen molar-refractivity contribution in [1.29, 1.82) is 0 Å². The van der Waals surface area contributed by atoms with Crippen LogP contribution in [0.1, 0.15) is 18.4 Å². The molecular weight excluding hydrogens is 486 g/mol. The van der Waals surface area contributed by atoms with Crippen molar-refractivity contribution in [3.63, 3.8) is 0 Å². The number of primary amides is 1. The van der Waals surface area contributed by atoms with Gasteiger partial charge in [0.25, 0.3) is 0 Å². The first-order valence-corrected chi connectivity index (χ1v) is 10.8. The van der Waals surface area contributed by atoms with Gasteiger partial charge in [-0.1, -0.05) is 12.1 Å². The van der Waals surface area contributed by atoms with Crippen LogP contribution < -0.4 is 27.4 Å². The Labute approximate surface area is 204 Å². The van der Waals surface area contributed by atoms with Gasteiger partial charge in [0.05, 0.1) is 18.9 Å². The van der Waals surface area contributed by atoms with Crippen LogP contribution >= 0.6 is 12.6 Å². The van der Waals surface area contributed by atoms with Crippen molar-refractivity contribution >= 4 is 48.2 Å². The van der Waals surface area contributed by atoms with Gasteiger partial charge in [-0.15, -0.1) is 0 Å². The first-order chi connectivity index (χ1) is 16.3. The van der Waals surface area contributed by atoms with Crippen LogP contribution in [0.25, 0.3) is 0 Å². The predicted molar refractivity (Wildman–Crippen MR) is 123 cm³/mol. The number of aromatic hydroxyl groups is 1. The molecule has 192 valence electrons. The number of carbonyl (C=O) groups excluding carboxylic acids is 4. The van der Waals surface area contributed by atoms with Gasteiger partial charge < -0.3 is 42.7 Å². The third-order valence-electron chi connectivity index (χ3n) is 4.57. The molecule has 1 rings (SSSR count). The van der Waals surface area contributed by atoms with Crippen LogP contribution in [0.3, 0.4) is 0 Å². The Hall–Kier alpha value is -3.85. The topological polar surface area (TPSA) is 251 Å².